The van der Waals surface area contributed by atoms with Crippen LogP contribution in [-0.4, -0.2) is 40.6 Å². The van der Waals surface area contributed by atoms with E-state index in [2.05, 4.69) is 11.2 Å². The van der Waals surface area contributed by atoms with Crippen molar-refractivity contribution in [2.75, 3.05) is 13.1 Å². The van der Waals surface area contributed by atoms with Crippen molar-refractivity contribution in [1.29, 1.82) is 0 Å². The van der Waals surface area contributed by atoms with Gasteiger partial charge in [0, 0.05) is 25.1 Å². The number of carbonyl (C=O) groups is 3. The zero-order valence-corrected chi connectivity index (χ0v) is 12.1. The highest BCUT2D eigenvalue weighted by atomic mass is 16.6. The standard InChI is InChI=1S/C15H13N3O5/c1-2-7-16-13(19)4-3-8-17-14(20)11-6-5-10(18(22)23)9-12(11)15(17)21/h1,5-6,9H,3-4,7-8H2,(H,16,19). The molecule has 0 saturated carbocycles. The third-order valence-electron chi connectivity index (χ3n) is 3.34. The lowest BCUT2D eigenvalue weighted by molar-refractivity contribution is -0.384. The fraction of sp³-hybridized carbons (Fsp3) is 0.267. The Hall–Kier alpha value is -3.21. The maximum atomic E-state index is 12.2. The van der Waals surface area contributed by atoms with Gasteiger partial charge in [0.1, 0.15) is 0 Å². The molecule has 1 aromatic rings. The van der Waals surface area contributed by atoms with E-state index in [0.29, 0.717) is 0 Å². The van der Waals surface area contributed by atoms with E-state index in [-0.39, 0.29) is 48.7 Å². The van der Waals surface area contributed by atoms with Gasteiger partial charge < -0.3 is 5.32 Å². The van der Waals surface area contributed by atoms with Gasteiger partial charge in [-0.05, 0) is 12.5 Å². The van der Waals surface area contributed by atoms with Crippen LogP contribution in [0, 0.1) is 22.5 Å². The van der Waals surface area contributed by atoms with Crippen LogP contribution in [0.4, 0.5) is 5.69 Å². The molecule has 0 radical (unpaired) electrons. The van der Waals surface area contributed by atoms with Gasteiger partial charge in [-0.3, -0.25) is 29.4 Å². The summed E-state index contributed by atoms with van der Waals surface area (Å²) in [6, 6.07) is 3.54. The van der Waals surface area contributed by atoms with Crippen LogP contribution in [0.1, 0.15) is 33.6 Å². The minimum absolute atomic E-state index is 0.0148. The highest BCUT2D eigenvalue weighted by Gasteiger charge is 2.36. The first-order valence-electron chi connectivity index (χ1n) is 6.80. The van der Waals surface area contributed by atoms with Gasteiger partial charge in [0.25, 0.3) is 17.5 Å². The van der Waals surface area contributed by atoms with Crippen LogP contribution in [0.25, 0.3) is 0 Å². The minimum Gasteiger partial charge on any atom is -0.345 e. The predicted molar refractivity (Wildman–Crippen MR) is 79.5 cm³/mol. The second-order valence-electron chi connectivity index (χ2n) is 4.83. The van der Waals surface area contributed by atoms with Gasteiger partial charge in [0.2, 0.25) is 5.91 Å². The van der Waals surface area contributed by atoms with E-state index < -0.39 is 16.7 Å². The smallest absolute Gasteiger partial charge is 0.270 e. The van der Waals surface area contributed by atoms with Crippen LogP contribution in [0.2, 0.25) is 0 Å². The maximum Gasteiger partial charge on any atom is 0.270 e. The highest BCUT2D eigenvalue weighted by Crippen LogP contribution is 2.26. The number of hydrogen-bond acceptors (Lipinski definition) is 5. The fourth-order valence-corrected chi connectivity index (χ4v) is 2.23. The summed E-state index contributed by atoms with van der Waals surface area (Å²) >= 11 is 0. The summed E-state index contributed by atoms with van der Waals surface area (Å²) in [6.45, 7) is 0.180. The molecule has 8 heteroatoms. The Morgan fingerprint density at radius 2 is 2.00 bits per heavy atom. The summed E-state index contributed by atoms with van der Waals surface area (Å²) in [5.41, 5.74) is -0.0984. The number of nitro groups is 1. The molecule has 0 spiro atoms. The lowest BCUT2D eigenvalue weighted by Gasteiger charge is -2.13. The van der Waals surface area contributed by atoms with Crippen LogP contribution in [-0.2, 0) is 4.79 Å². The third-order valence-corrected chi connectivity index (χ3v) is 3.34. The van der Waals surface area contributed by atoms with E-state index in [9.17, 15) is 24.5 Å². The van der Waals surface area contributed by atoms with Crippen molar-refractivity contribution >= 4 is 23.4 Å². The number of amides is 3. The average Bonchev–Trinajstić information content (AvgIpc) is 2.77. The Labute approximate surface area is 131 Å². The van der Waals surface area contributed by atoms with Crippen molar-refractivity contribution in [2.45, 2.75) is 12.8 Å². The Bertz CT molecular complexity index is 735. The molecule has 0 saturated heterocycles. The molecule has 3 amide bonds. The van der Waals surface area contributed by atoms with Gasteiger partial charge in [-0.1, -0.05) is 5.92 Å². The molecule has 0 aliphatic carbocycles. The molecule has 1 N–H and O–H groups in total. The Morgan fingerprint density at radius 3 is 2.65 bits per heavy atom. The predicted octanol–water partition coefficient (Wildman–Crippen LogP) is 0.720. The van der Waals surface area contributed by atoms with Crippen molar-refractivity contribution in [1.82, 2.24) is 10.2 Å². The molecule has 1 heterocycles. The summed E-state index contributed by atoms with van der Waals surface area (Å²) in [6.07, 6.45) is 5.42. The van der Waals surface area contributed by atoms with Crippen molar-refractivity contribution in [2.24, 2.45) is 0 Å². The van der Waals surface area contributed by atoms with Crippen molar-refractivity contribution in [3.8, 4) is 12.3 Å². The first-order valence-corrected chi connectivity index (χ1v) is 6.80. The highest BCUT2D eigenvalue weighted by molar-refractivity contribution is 6.21. The number of nitrogens with one attached hydrogen (secondary N) is 1. The SMILES string of the molecule is C#CCNC(=O)CCCN1C(=O)c2ccc([N+](=O)[O-])cc2C1=O. The van der Waals surface area contributed by atoms with Gasteiger partial charge in [-0.2, -0.15) is 0 Å². The van der Waals surface area contributed by atoms with Crippen molar-refractivity contribution in [3.05, 3.63) is 39.4 Å². The summed E-state index contributed by atoms with van der Waals surface area (Å²) in [4.78, 5) is 46.8. The molecule has 8 nitrogen and oxygen atoms in total. The Balaban J connectivity index is 2.02. The van der Waals surface area contributed by atoms with Crippen LogP contribution in [0.15, 0.2) is 18.2 Å². The number of fused-ring (bicyclic) bond motifs is 1. The number of terminal acetylenes is 1. The largest absolute Gasteiger partial charge is 0.345 e. The summed E-state index contributed by atoms with van der Waals surface area (Å²) in [7, 11) is 0. The third kappa shape index (κ3) is 3.35. The number of imide groups is 1. The Morgan fingerprint density at radius 1 is 1.30 bits per heavy atom. The zero-order chi connectivity index (χ0) is 17.0. The molecule has 0 fully saturated rings. The molecule has 1 aliphatic rings. The average molecular weight is 315 g/mol. The number of nitro benzene ring substituents is 1. The molecule has 1 aliphatic heterocycles. The van der Waals surface area contributed by atoms with E-state index in [1.54, 1.807) is 0 Å². The first-order chi connectivity index (χ1) is 11.0. The number of nitrogens with zero attached hydrogens (tertiary/aromatic N) is 2. The number of non-ortho nitro benzene ring substituents is 1. The van der Waals surface area contributed by atoms with E-state index in [1.807, 2.05) is 0 Å². The van der Waals surface area contributed by atoms with E-state index in [1.165, 1.54) is 12.1 Å². The van der Waals surface area contributed by atoms with Crippen LogP contribution in [0.5, 0.6) is 0 Å². The Kier molecular flexibility index (Phi) is 4.71. The van der Waals surface area contributed by atoms with Gasteiger partial charge in [-0.25, -0.2) is 0 Å². The molecule has 0 atom stereocenters. The van der Waals surface area contributed by atoms with Gasteiger partial charge in [0.05, 0.1) is 22.6 Å². The molecule has 2 rings (SSSR count). The van der Waals surface area contributed by atoms with Crippen molar-refractivity contribution < 1.29 is 19.3 Å². The van der Waals surface area contributed by atoms with Gasteiger partial charge in [0.15, 0.2) is 0 Å². The van der Waals surface area contributed by atoms with Gasteiger partial charge in [-0.15, -0.1) is 6.42 Å². The molecule has 118 valence electrons. The molecule has 0 unspecified atom stereocenters. The lowest BCUT2D eigenvalue weighted by atomic mass is 10.1. The zero-order valence-electron chi connectivity index (χ0n) is 12.1. The minimum atomic E-state index is -0.628. The first kappa shape index (κ1) is 16.2. The molecule has 0 bridgehead atoms. The summed E-state index contributed by atoms with van der Waals surface area (Å²) in [5, 5.41) is 13.2. The second-order valence-corrected chi connectivity index (χ2v) is 4.83. The topological polar surface area (TPSA) is 110 Å². The quantitative estimate of drug-likeness (QED) is 0.360. The number of carbonyl (C=O) groups excluding carboxylic acids is 3. The molecule has 0 aromatic heterocycles. The molecule has 23 heavy (non-hydrogen) atoms. The summed E-state index contributed by atoms with van der Waals surface area (Å²) < 4.78 is 0. The van der Waals surface area contributed by atoms with Crippen LogP contribution in [0.3, 0.4) is 0 Å². The number of rotatable bonds is 6. The van der Waals surface area contributed by atoms with Crippen LogP contribution < -0.4 is 5.32 Å². The lowest BCUT2D eigenvalue weighted by Crippen LogP contribution is -2.32. The molecular weight excluding hydrogens is 302 g/mol. The van der Waals surface area contributed by atoms with E-state index in [4.69, 9.17) is 6.42 Å². The molecule has 1 aromatic carbocycles. The van der Waals surface area contributed by atoms with Crippen molar-refractivity contribution in [3.63, 3.8) is 0 Å². The fourth-order valence-electron chi connectivity index (χ4n) is 2.23. The van der Waals surface area contributed by atoms with E-state index in [0.717, 1.165) is 11.0 Å². The van der Waals surface area contributed by atoms with E-state index >= 15 is 0 Å². The number of hydrogen-bond donors (Lipinski definition) is 1. The molecular formula is C15H13N3O5. The normalized spacial score (nSPS) is 12.7. The van der Waals surface area contributed by atoms with Gasteiger partial charge >= 0.3 is 0 Å². The maximum absolute atomic E-state index is 12.2. The summed E-state index contributed by atoms with van der Waals surface area (Å²) in [5.74, 6) is 0.901. The monoisotopic (exact) mass is 315 g/mol. The number of benzene rings is 1. The van der Waals surface area contributed by atoms with Crippen LogP contribution >= 0.6 is 0 Å². The second kappa shape index (κ2) is 6.70.